The Labute approximate surface area is 154 Å². The summed E-state index contributed by atoms with van der Waals surface area (Å²) in [6.45, 7) is 6.48. The van der Waals surface area contributed by atoms with Crippen LogP contribution in [0.15, 0.2) is 55.2 Å². The van der Waals surface area contributed by atoms with E-state index in [9.17, 15) is 0 Å². The molecule has 4 rings (SSSR count). The molecule has 0 aromatic carbocycles. The van der Waals surface area contributed by atoms with Crippen LogP contribution >= 0.6 is 0 Å². The molecule has 134 valence electrons. The van der Waals surface area contributed by atoms with Crippen LogP contribution in [0.4, 0.5) is 0 Å². The molecule has 3 aromatic heterocycles. The zero-order valence-electron chi connectivity index (χ0n) is 15.3. The summed E-state index contributed by atoms with van der Waals surface area (Å²) >= 11 is 0. The second kappa shape index (κ2) is 7.79. The molecule has 4 heterocycles. The van der Waals surface area contributed by atoms with Gasteiger partial charge in [-0.05, 0) is 62.1 Å². The maximum absolute atomic E-state index is 4.64. The predicted molar refractivity (Wildman–Crippen MR) is 102 cm³/mol. The van der Waals surface area contributed by atoms with Crippen molar-refractivity contribution in [2.45, 2.75) is 32.9 Å². The van der Waals surface area contributed by atoms with Gasteiger partial charge in [0.1, 0.15) is 5.82 Å². The van der Waals surface area contributed by atoms with E-state index in [0.717, 1.165) is 31.0 Å². The van der Waals surface area contributed by atoms with Crippen LogP contribution in [0.25, 0.3) is 11.4 Å². The first-order valence-electron chi connectivity index (χ1n) is 9.33. The average Bonchev–Trinajstić information content (AvgIpc) is 3.04. The highest BCUT2D eigenvalue weighted by Gasteiger charge is 2.22. The molecule has 1 aliphatic rings. The van der Waals surface area contributed by atoms with Gasteiger partial charge < -0.3 is 4.57 Å². The number of piperidine rings is 1. The minimum atomic E-state index is 0.647. The van der Waals surface area contributed by atoms with Gasteiger partial charge in [-0.3, -0.25) is 14.9 Å². The molecule has 5 nitrogen and oxygen atoms in total. The van der Waals surface area contributed by atoms with Gasteiger partial charge in [0.05, 0.1) is 0 Å². The van der Waals surface area contributed by atoms with Crippen LogP contribution in [-0.2, 0) is 13.1 Å². The highest BCUT2D eigenvalue weighted by Crippen LogP contribution is 2.24. The third-order valence-corrected chi connectivity index (χ3v) is 5.17. The molecular formula is C21H25N5. The predicted octanol–water partition coefficient (Wildman–Crippen LogP) is 3.56. The van der Waals surface area contributed by atoms with E-state index in [0.29, 0.717) is 5.92 Å². The Hall–Kier alpha value is -2.53. The largest absolute Gasteiger partial charge is 0.328 e. The van der Waals surface area contributed by atoms with Gasteiger partial charge in [0.2, 0.25) is 0 Å². The lowest BCUT2D eigenvalue weighted by atomic mass is 9.97. The first-order valence-corrected chi connectivity index (χ1v) is 9.33. The minimum Gasteiger partial charge on any atom is -0.328 e. The summed E-state index contributed by atoms with van der Waals surface area (Å²) in [7, 11) is 0. The van der Waals surface area contributed by atoms with Gasteiger partial charge in [-0.1, -0.05) is 0 Å². The average molecular weight is 347 g/mol. The molecule has 0 N–H and O–H groups in total. The highest BCUT2D eigenvalue weighted by molar-refractivity contribution is 5.54. The second-order valence-electron chi connectivity index (χ2n) is 7.17. The van der Waals surface area contributed by atoms with Crippen LogP contribution in [0.3, 0.4) is 0 Å². The van der Waals surface area contributed by atoms with E-state index in [4.69, 9.17) is 0 Å². The molecule has 1 unspecified atom stereocenters. The summed E-state index contributed by atoms with van der Waals surface area (Å²) < 4.78 is 2.36. The van der Waals surface area contributed by atoms with Crippen LogP contribution in [0.1, 0.15) is 24.1 Å². The fourth-order valence-corrected chi connectivity index (χ4v) is 3.87. The first kappa shape index (κ1) is 16.9. The molecule has 1 fully saturated rings. The molecule has 26 heavy (non-hydrogen) atoms. The zero-order valence-corrected chi connectivity index (χ0v) is 15.3. The van der Waals surface area contributed by atoms with Crippen molar-refractivity contribution >= 4 is 0 Å². The van der Waals surface area contributed by atoms with Gasteiger partial charge in [-0.25, -0.2) is 4.98 Å². The van der Waals surface area contributed by atoms with Crippen LogP contribution in [-0.4, -0.2) is 37.5 Å². The van der Waals surface area contributed by atoms with E-state index >= 15 is 0 Å². The number of imidazole rings is 1. The molecule has 0 radical (unpaired) electrons. The molecule has 1 atom stereocenters. The third-order valence-electron chi connectivity index (χ3n) is 5.17. The van der Waals surface area contributed by atoms with Crippen LogP contribution < -0.4 is 0 Å². The van der Waals surface area contributed by atoms with Crippen LogP contribution in [0.2, 0.25) is 0 Å². The minimum absolute atomic E-state index is 0.647. The van der Waals surface area contributed by atoms with Gasteiger partial charge in [0.25, 0.3) is 0 Å². The lowest BCUT2D eigenvalue weighted by molar-refractivity contribution is 0.156. The number of aromatic nitrogens is 4. The van der Waals surface area contributed by atoms with Crippen molar-refractivity contribution in [3.05, 3.63) is 66.5 Å². The number of likely N-dealkylation sites (tertiary alicyclic amines) is 1. The Bertz CT molecular complexity index is 828. The number of nitrogens with zero attached hydrogens (tertiary/aromatic N) is 5. The number of pyridine rings is 2. The van der Waals surface area contributed by atoms with Crippen molar-refractivity contribution in [2.75, 3.05) is 13.1 Å². The normalized spacial score (nSPS) is 18.1. The van der Waals surface area contributed by atoms with E-state index in [2.05, 4.69) is 49.5 Å². The Morgan fingerprint density at radius 1 is 1.08 bits per heavy atom. The van der Waals surface area contributed by atoms with E-state index in [-0.39, 0.29) is 0 Å². The lowest BCUT2D eigenvalue weighted by Gasteiger charge is -2.33. The Balaban J connectivity index is 1.47. The number of aryl methyl sites for hydroxylation is 1. The lowest BCUT2D eigenvalue weighted by Crippen LogP contribution is -2.36. The van der Waals surface area contributed by atoms with E-state index in [1.807, 2.05) is 37.1 Å². The summed E-state index contributed by atoms with van der Waals surface area (Å²) in [5.74, 6) is 1.68. The van der Waals surface area contributed by atoms with Gasteiger partial charge >= 0.3 is 0 Å². The Kier molecular flexibility index (Phi) is 5.07. The first-order chi connectivity index (χ1) is 12.8. The Morgan fingerprint density at radius 3 is 2.77 bits per heavy atom. The topological polar surface area (TPSA) is 46.8 Å². The molecular weight excluding hydrogens is 322 g/mol. The molecule has 0 aliphatic carbocycles. The number of hydrogen-bond acceptors (Lipinski definition) is 4. The molecule has 0 amide bonds. The molecule has 1 saturated heterocycles. The van der Waals surface area contributed by atoms with Gasteiger partial charge in [-0.2, -0.15) is 0 Å². The van der Waals surface area contributed by atoms with Crippen molar-refractivity contribution < 1.29 is 0 Å². The standard InChI is InChI=1S/C21H25N5/c1-17-12-24-21(20-5-2-8-23-13-20)26(17)16-19-4-3-11-25(15-19)14-18-6-9-22-10-7-18/h2,5-10,12-13,19H,3-4,11,14-16H2,1H3. The van der Waals surface area contributed by atoms with Crippen molar-refractivity contribution in [1.82, 2.24) is 24.4 Å². The molecule has 3 aromatic rings. The summed E-state index contributed by atoms with van der Waals surface area (Å²) in [4.78, 5) is 15.6. The van der Waals surface area contributed by atoms with Crippen molar-refractivity contribution in [3.63, 3.8) is 0 Å². The molecule has 1 aliphatic heterocycles. The Morgan fingerprint density at radius 2 is 1.96 bits per heavy atom. The third kappa shape index (κ3) is 3.83. The summed E-state index contributed by atoms with van der Waals surface area (Å²) in [6.07, 6.45) is 12.0. The summed E-state index contributed by atoms with van der Waals surface area (Å²) in [6, 6.07) is 8.29. The molecule has 0 bridgehead atoms. The van der Waals surface area contributed by atoms with Crippen molar-refractivity contribution in [1.29, 1.82) is 0 Å². The van der Waals surface area contributed by atoms with E-state index in [1.165, 1.54) is 30.6 Å². The second-order valence-corrected chi connectivity index (χ2v) is 7.17. The summed E-state index contributed by atoms with van der Waals surface area (Å²) in [5, 5.41) is 0. The highest BCUT2D eigenvalue weighted by atomic mass is 15.1. The van der Waals surface area contributed by atoms with Crippen LogP contribution in [0, 0.1) is 12.8 Å². The van der Waals surface area contributed by atoms with Gasteiger partial charge in [-0.15, -0.1) is 0 Å². The van der Waals surface area contributed by atoms with E-state index < -0.39 is 0 Å². The van der Waals surface area contributed by atoms with Gasteiger partial charge in [0.15, 0.2) is 0 Å². The maximum atomic E-state index is 4.64. The van der Waals surface area contributed by atoms with Crippen LogP contribution in [0.5, 0.6) is 0 Å². The maximum Gasteiger partial charge on any atom is 0.141 e. The fourth-order valence-electron chi connectivity index (χ4n) is 3.87. The van der Waals surface area contributed by atoms with E-state index in [1.54, 1.807) is 0 Å². The zero-order chi connectivity index (χ0) is 17.8. The molecule has 0 saturated carbocycles. The monoisotopic (exact) mass is 347 g/mol. The van der Waals surface area contributed by atoms with Gasteiger partial charge in [0, 0.05) is 61.9 Å². The molecule has 0 spiro atoms. The SMILES string of the molecule is Cc1cnc(-c2cccnc2)n1CC1CCCN(Cc2ccncc2)C1. The smallest absolute Gasteiger partial charge is 0.141 e. The fraction of sp³-hybridized carbons (Fsp3) is 0.381. The quantitative estimate of drug-likeness (QED) is 0.708. The van der Waals surface area contributed by atoms with Crippen molar-refractivity contribution in [3.8, 4) is 11.4 Å². The van der Waals surface area contributed by atoms with Crippen molar-refractivity contribution in [2.24, 2.45) is 5.92 Å². The number of rotatable bonds is 5. The number of hydrogen-bond donors (Lipinski definition) is 0. The summed E-state index contributed by atoms with van der Waals surface area (Å²) in [5.41, 5.74) is 3.65. The molecule has 5 heteroatoms.